The molecular weight excluding hydrogens is 320 g/mol. The summed E-state index contributed by atoms with van der Waals surface area (Å²) in [5.41, 5.74) is 0.230. The molecule has 1 aromatic rings. The molecule has 0 spiro atoms. The summed E-state index contributed by atoms with van der Waals surface area (Å²) in [6, 6.07) is 2.01. The molecule has 1 unspecified atom stereocenters. The lowest BCUT2D eigenvalue weighted by Crippen LogP contribution is -2.35. The number of halogens is 3. The van der Waals surface area contributed by atoms with E-state index in [1.807, 2.05) is 13.8 Å². The van der Waals surface area contributed by atoms with Gasteiger partial charge in [0.25, 0.3) is 0 Å². The molecule has 0 amide bonds. The SMILES string of the molecule is CCC(C)CN(CC)S(=O)(=O)c1cc(CCl)cc(F)c1F. The van der Waals surface area contributed by atoms with Crippen LogP contribution in [0.15, 0.2) is 17.0 Å². The van der Waals surface area contributed by atoms with Gasteiger partial charge in [-0.1, -0.05) is 27.2 Å². The lowest BCUT2D eigenvalue weighted by molar-refractivity contribution is 0.358. The molecule has 0 aliphatic rings. The van der Waals surface area contributed by atoms with Crippen molar-refractivity contribution >= 4 is 21.6 Å². The summed E-state index contributed by atoms with van der Waals surface area (Å²) in [6.45, 7) is 5.98. The molecule has 1 aromatic carbocycles. The minimum absolute atomic E-state index is 0.0861. The van der Waals surface area contributed by atoms with Crippen LogP contribution in [-0.2, 0) is 15.9 Å². The van der Waals surface area contributed by atoms with Gasteiger partial charge >= 0.3 is 0 Å². The highest BCUT2D eigenvalue weighted by molar-refractivity contribution is 7.89. The van der Waals surface area contributed by atoms with E-state index in [1.54, 1.807) is 6.92 Å². The maximum Gasteiger partial charge on any atom is 0.246 e. The third-order valence-corrected chi connectivity index (χ3v) is 5.64. The van der Waals surface area contributed by atoms with Crippen LogP contribution in [0.4, 0.5) is 8.78 Å². The summed E-state index contributed by atoms with van der Waals surface area (Å²) >= 11 is 5.60. The number of sulfonamides is 1. The van der Waals surface area contributed by atoms with Crippen molar-refractivity contribution in [1.82, 2.24) is 4.31 Å². The summed E-state index contributed by atoms with van der Waals surface area (Å²) < 4.78 is 53.7. The van der Waals surface area contributed by atoms with Crippen LogP contribution in [0.2, 0.25) is 0 Å². The first-order valence-corrected chi connectivity index (χ1v) is 8.79. The Bertz CT molecular complexity index is 593. The second-order valence-electron chi connectivity index (χ2n) is 4.99. The minimum atomic E-state index is -4.08. The molecule has 1 atom stereocenters. The van der Waals surface area contributed by atoms with Gasteiger partial charge in [-0.3, -0.25) is 0 Å². The molecule has 0 heterocycles. The van der Waals surface area contributed by atoms with Crippen molar-refractivity contribution in [2.24, 2.45) is 5.92 Å². The average Bonchev–Trinajstić information content (AvgIpc) is 2.46. The highest BCUT2D eigenvalue weighted by atomic mass is 35.5. The van der Waals surface area contributed by atoms with Crippen molar-refractivity contribution in [3.63, 3.8) is 0 Å². The second kappa shape index (κ2) is 7.51. The monoisotopic (exact) mass is 339 g/mol. The predicted molar refractivity (Wildman–Crippen MR) is 79.8 cm³/mol. The van der Waals surface area contributed by atoms with Gasteiger partial charge in [-0.05, 0) is 23.6 Å². The van der Waals surface area contributed by atoms with Gasteiger partial charge in [0.1, 0.15) is 4.90 Å². The number of hydrogen-bond donors (Lipinski definition) is 0. The van der Waals surface area contributed by atoms with Gasteiger partial charge in [0, 0.05) is 19.0 Å². The number of alkyl halides is 1. The van der Waals surface area contributed by atoms with Crippen LogP contribution in [0.3, 0.4) is 0 Å². The standard InChI is InChI=1S/C14H20ClF2NO2S/c1-4-10(3)9-18(5-2)21(19,20)13-7-11(8-15)6-12(16)14(13)17/h6-7,10H,4-5,8-9H2,1-3H3. The van der Waals surface area contributed by atoms with E-state index in [2.05, 4.69) is 0 Å². The molecule has 0 aliphatic carbocycles. The number of benzene rings is 1. The van der Waals surface area contributed by atoms with E-state index in [9.17, 15) is 17.2 Å². The zero-order valence-corrected chi connectivity index (χ0v) is 13.9. The molecule has 0 aromatic heterocycles. The van der Waals surface area contributed by atoms with Gasteiger partial charge < -0.3 is 0 Å². The molecule has 0 radical (unpaired) electrons. The summed E-state index contributed by atoms with van der Waals surface area (Å²) in [5, 5.41) is 0. The van der Waals surface area contributed by atoms with Crippen molar-refractivity contribution in [2.45, 2.75) is 38.0 Å². The lowest BCUT2D eigenvalue weighted by atomic mass is 10.1. The summed E-state index contributed by atoms with van der Waals surface area (Å²) in [7, 11) is -4.08. The van der Waals surface area contributed by atoms with E-state index in [0.29, 0.717) is 0 Å². The van der Waals surface area contributed by atoms with Crippen molar-refractivity contribution < 1.29 is 17.2 Å². The van der Waals surface area contributed by atoms with Crippen LogP contribution in [0.5, 0.6) is 0 Å². The van der Waals surface area contributed by atoms with Crippen molar-refractivity contribution in [3.05, 3.63) is 29.3 Å². The average molecular weight is 340 g/mol. The molecule has 0 bridgehead atoms. The Hall–Kier alpha value is -0.720. The Balaban J connectivity index is 3.31. The molecule has 0 N–H and O–H groups in total. The maximum atomic E-state index is 13.9. The van der Waals surface area contributed by atoms with Crippen LogP contribution >= 0.6 is 11.6 Å². The normalized spacial score (nSPS) is 13.7. The van der Waals surface area contributed by atoms with Gasteiger partial charge in [-0.15, -0.1) is 11.6 Å². The first-order valence-electron chi connectivity index (χ1n) is 6.81. The van der Waals surface area contributed by atoms with Crippen molar-refractivity contribution in [1.29, 1.82) is 0 Å². The maximum absolute atomic E-state index is 13.9. The molecule has 0 fully saturated rings. The first-order chi connectivity index (χ1) is 9.77. The Labute approximate surface area is 130 Å². The van der Waals surface area contributed by atoms with Gasteiger partial charge in [-0.2, -0.15) is 4.31 Å². The predicted octanol–water partition coefficient (Wildman–Crippen LogP) is 3.76. The topological polar surface area (TPSA) is 37.4 Å². The van der Waals surface area contributed by atoms with Crippen LogP contribution in [0, 0.1) is 17.6 Å². The quantitative estimate of drug-likeness (QED) is 0.709. The minimum Gasteiger partial charge on any atom is -0.207 e. The molecule has 21 heavy (non-hydrogen) atoms. The van der Waals surface area contributed by atoms with Gasteiger partial charge in [0.15, 0.2) is 11.6 Å². The zero-order valence-electron chi connectivity index (χ0n) is 12.4. The van der Waals surface area contributed by atoms with E-state index >= 15 is 0 Å². The molecule has 1 rings (SSSR count). The molecule has 0 saturated carbocycles. The van der Waals surface area contributed by atoms with E-state index in [-0.39, 0.29) is 30.5 Å². The molecule has 0 saturated heterocycles. The van der Waals surface area contributed by atoms with Gasteiger partial charge in [-0.25, -0.2) is 17.2 Å². The fourth-order valence-electron chi connectivity index (χ4n) is 1.90. The summed E-state index contributed by atoms with van der Waals surface area (Å²) in [4.78, 5) is -0.650. The Kier molecular flexibility index (Phi) is 6.56. The van der Waals surface area contributed by atoms with Crippen molar-refractivity contribution in [2.75, 3.05) is 13.1 Å². The lowest BCUT2D eigenvalue weighted by Gasteiger charge is -2.24. The first kappa shape index (κ1) is 18.3. The van der Waals surface area contributed by atoms with E-state index in [0.717, 1.165) is 22.9 Å². The highest BCUT2D eigenvalue weighted by Crippen LogP contribution is 2.25. The molecular formula is C14H20ClF2NO2S. The van der Waals surface area contributed by atoms with Crippen LogP contribution in [-0.4, -0.2) is 25.8 Å². The van der Waals surface area contributed by atoms with E-state index in [4.69, 9.17) is 11.6 Å². The summed E-state index contributed by atoms with van der Waals surface area (Å²) in [5.74, 6) is -2.52. The molecule has 120 valence electrons. The number of nitrogens with zero attached hydrogens (tertiary/aromatic N) is 1. The third-order valence-electron chi connectivity index (χ3n) is 3.39. The van der Waals surface area contributed by atoms with E-state index in [1.165, 1.54) is 0 Å². The zero-order chi connectivity index (χ0) is 16.2. The number of rotatable bonds is 7. The van der Waals surface area contributed by atoms with E-state index < -0.39 is 26.6 Å². The van der Waals surface area contributed by atoms with Gasteiger partial charge in [0.05, 0.1) is 0 Å². The second-order valence-corrected chi connectivity index (χ2v) is 7.17. The fraction of sp³-hybridized carbons (Fsp3) is 0.571. The molecule has 3 nitrogen and oxygen atoms in total. The highest BCUT2D eigenvalue weighted by Gasteiger charge is 2.29. The molecule has 7 heteroatoms. The fourth-order valence-corrected chi connectivity index (χ4v) is 3.74. The third kappa shape index (κ3) is 4.14. The number of hydrogen-bond acceptors (Lipinski definition) is 2. The largest absolute Gasteiger partial charge is 0.246 e. The van der Waals surface area contributed by atoms with Gasteiger partial charge in [0.2, 0.25) is 10.0 Å². The smallest absolute Gasteiger partial charge is 0.207 e. The molecule has 0 aliphatic heterocycles. The Morgan fingerprint density at radius 3 is 2.38 bits per heavy atom. The van der Waals surface area contributed by atoms with Crippen LogP contribution in [0.1, 0.15) is 32.8 Å². The Morgan fingerprint density at radius 1 is 1.29 bits per heavy atom. The van der Waals surface area contributed by atoms with Crippen LogP contribution < -0.4 is 0 Å². The summed E-state index contributed by atoms with van der Waals surface area (Å²) in [6.07, 6.45) is 0.796. The van der Waals surface area contributed by atoms with Crippen LogP contribution in [0.25, 0.3) is 0 Å². The Morgan fingerprint density at radius 2 is 1.90 bits per heavy atom. The van der Waals surface area contributed by atoms with Crippen molar-refractivity contribution in [3.8, 4) is 0 Å².